The Kier molecular flexibility index (Phi) is 6.63. The third-order valence-electron chi connectivity index (χ3n) is 3.04. The van der Waals surface area contributed by atoms with Crippen LogP contribution in [0.3, 0.4) is 0 Å². The van der Waals surface area contributed by atoms with Crippen LogP contribution in [0.15, 0.2) is 27.8 Å². The van der Waals surface area contributed by atoms with Crippen molar-refractivity contribution in [3.05, 3.63) is 24.2 Å². The van der Waals surface area contributed by atoms with Gasteiger partial charge in [-0.3, -0.25) is 9.79 Å². The molecule has 6 nitrogen and oxygen atoms in total. The Morgan fingerprint density at radius 2 is 2.00 bits per heavy atom. The lowest BCUT2D eigenvalue weighted by Crippen LogP contribution is -2.46. The van der Waals surface area contributed by atoms with Gasteiger partial charge in [0.1, 0.15) is 0 Å². The predicted molar refractivity (Wildman–Crippen MR) is 79.8 cm³/mol. The molecule has 1 heterocycles. The van der Waals surface area contributed by atoms with Crippen molar-refractivity contribution in [3.63, 3.8) is 0 Å². The maximum absolute atomic E-state index is 11.6. The third kappa shape index (κ3) is 5.34. The molecular weight excluding hydrogens is 256 g/mol. The van der Waals surface area contributed by atoms with Gasteiger partial charge in [0.15, 0.2) is 11.7 Å². The van der Waals surface area contributed by atoms with Crippen LogP contribution in [0.25, 0.3) is 0 Å². The molecule has 1 amide bonds. The second kappa shape index (κ2) is 8.24. The van der Waals surface area contributed by atoms with Gasteiger partial charge >= 0.3 is 0 Å². The Morgan fingerprint density at radius 1 is 1.30 bits per heavy atom. The molecule has 0 radical (unpaired) electrons. The van der Waals surface area contributed by atoms with E-state index in [1.165, 1.54) is 6.26 Å². The Labute approximate surface area is 120 Å². The molecular formula is C14H24N4O2. The SMILES string of the molecule is CN=C(NCCNC(=O)c1ccco1)NC(C)C(C)C. The van der Waals surface area contributed by atoms with Crippen molar-refractivity contribution in [1.82, 2.24) is 16.0 Å². The molecule has 0 aliphatic carbocycles. The lowest BCUT2D eigenvalue weighted by Gasteiger charge is -2.20. The molecule has 0 bridgehead atoms. The summed E-state index contributed by atoms with van der Waals surface area (Å²) in [6, 6.07) is 3.65. The number of furan rings is 1. The van der Waals surface area contributed by atoms with Crippen molar-refractivity contribution in [3.8, 4) is 0 Å². The number of rotatable bonds is 6. The van der Waals surface area contributed by atoms with E-state index in [9.17, 15) is 4.79 Å². The second-order valence-corrected chi connectivity index (χ2v) is 4.91. The molecule has 0 aromatic carbocycles. The number of carbonyl (C=O) groups excluding carboxylic acids is 1. The zero-order chi connectivity index (χ0) is 15.0. The van der Waals surface area contributed by atoms with Gasteiger partial charge in [0.25, 0.3) is 5.91 Å². The van der Waals surface area contributed by atoms with E-state index in [0.29, 0.717) is 30.8 Å². The zero-order valence-electron chi connectivity index (χ0n) is 12.6. The van der Waals surface area contributed by atoms with Gasteiger partial charge in [0, 0.05) is 26.2 Å². The number of hydrogen-bond acceptors (Lipinski definition) is 3. The maximum atomic E-state index is 11.6. The van der Waals surface area contributed by atoms with Crippen LogP contribution in [0.5, 0.6) is 0 Å². The molecule has 1 aromatic heterocycles. The van der Waals surface area contributed by atoms with E-state index < -0.39 is 0 Å². The molecule has 0 aliphatic heterocycles. The normalized spacial score (nSPS) is 13.2. The summed E-state index contributed by atoms with van der Waals surface area (Å²) < 4.78 is 5.01. The van der Waals surface area contributed by atoms with Crippen LogP contribution in [0.2, 0.25) is 0 Å². The number of aliphatic imine (C=N–C) groups is 1. The molecule has 0 saturated carbocycles. The van der Waals surface area contributed by atoms with Crippen molar-refractivity contribution in [2.45, 2.75) is 26.8 Å². The summed E-state index contributed by atoms with van der Waals surface area (Å²) in [6.07, 6.45) is 1.48. The van der Waals surface area contributed by atoms with E-state index in [-0.39, 0.29) is 5.91 Å². The molecule has 1 unspecified atom stereocenters. The minimum atomic E-state index is -0.213. The maximum Gasteiger partial charge on any atom is 0.287 e. The number of nitrogens with zero attached hydrogens (tertiary/aromatic N) is 1. The largest absolute Gasteiger partial charge is 0.459 e. The molecule has 6 heteroatoms. The average molecular weight is 280 g/mol. The zero-order valence-corrected chi connectivity index (χ0v) is 12.6. The monoisotopic (exact) mass is 280 g/mol. The molecule has 0 fully saturated rings. The van der Waals surface area contributed by atoms with Gasteiger partial charge in [0.05, 0.1) is 6.26 Å². The molecule has 1 aromatic rings. The number of nitrogens with one attached hydrogen (secondary N) is 3. The fourth-order valence-electron chi connectivity index (χ4n) is 1.43. The van der Waals surface area contributed by atoms with Crippen LogP contribution in [0.1, 0.15) is 31.3 Å². The van der Waals surface area contributed by atoms with Gasteiger partial charge in [-0.05, 0) is 25.0 Å². The average Bonchev–Trinajstić information content (AvgIpc) is 2.95. The minimum absolute atomic E-state index is 0.213. The van der Waals surface area contributed by atoms with Gasteiger partial charge in [-0.25, -0.2) is 0 Å². The van der Waals surface area contributed by atoms with Crippen molar-refractivity contribution in [2.24, 2.45) is 10.9 Å². The fraction of sp³-hybridized carbons (Fsp3) is 0.571. The highest BCUT2D eigenvalue weighted by Gasteiger charge is 2.09. The molecule has 0 aliphatic rings. The standard InChI is InChI=1S/C14H24N4O2/c1-10(2)11(3)18-14(15-4)17-8-7-16-13(19)12-6-5-9-20-12/h5-6,9-11H,7-8H2,1-4H3,(H,16,19)(H2,15,17,18). The first kappa shape index (κ1) is 16.1. The van der Waals surface area contributed by atoms with E-state index in [1.54, 1.807) is 19.2 Å². The highest BCUT2D eigenvalue weighted by Crippen LogP contribution is 1.99. The molecule has 20 heavy (non-hydrogen) atoms. The Bertz CT molecular complexity index is 426. The molecule has 1 atom stereocenters. The number of hydrogen-bond donors (Lipinski definition) is 3. The summed E-state index contributed by atoms with van der Waals surface area (Å²) in [5.74, 6) is 1.36. The first-order chi connectivity index (χ1) is 9.54. The summed E-state index contributed by atoms with van der Waals surface area (Å²) in [4.78, 5) is 15.7. The van der Waals surface area contributed by atoms with Gasteiger partial charge in [0.2, 0.25) is 0 Å². The summed E-state index contributed by atoms with van der Waals surface area (Å²) in [6.45, 7) is 7.49. The lowest BCUT2D eigenvalue weighted by atomic mass is 10.1. The van der Waals surface area contributed by atoms with Gasteiger partial charge in [-0.2, -0.15) is 0 Å². The highest BCUT2D eigenvalue weighted by molar-refractivity contribution is 5.91. The fourth-order valence-corrected chi connectivity index (χ4v) is 1.43. The van der Waals surface area contributed by atoms with Crippen molar-refractivity contribution < 1.29 is 9.21 Å². The minimum Gasteiger partial charge on any atom is -0.459 e. The van der Waals surface area contributed by atoms with Crippen LogP contribution in [-0.2, 0) is 0 Å². The summed E-state index contributed by atoms with van der Waals surface area (Å²) in [7, 11) is 1.73. The van der Waals surface area contributed by atoms with E-state index in [4.69, 9.17) is 4.42 Å². The van der Waals surface area contributed by atoms with Crippen molar-refractivity contribution in [2.75, 3.05) is 20.1 Å². The Morgan fingerprint density at radius 3 is 2.55 bits per heavy atom. The van der Waals surface area contributed by atoms with Crippen LogP contribution >= 0.6 is 0 Å². The van der Waals surface area contributed by atoms with E-state index >= 15 is 0 Å². The topological polar surface area (TPSA) is 78.7 Å². The highest BCUT2D eigenvalue weighted by atomic mass is 16.3. The van der Waals surface area contributed by atoms with Gasteiger partial charge in [-0.15, -0.1) is 0 Å². The van der Waals surface area contributed by atoms with Gasteiger partial charge in [-0.1, -0.05) is 13.8 Å². The molecule has 112 valence electrons. The first-order valence-corrected chi connectivity index (χ1v) is 6.83. The molecule has 0 spiro atoms. The summed E-state index contributed by atoms with van der Waals surface area (Å²) >= 11 is 0. The first-order valence-electron chi connectivity index (χ1n) is 6.83. The van der Waals surface area contributed by atoms with E-state index in [1.807, 2.05) is 0 Å². The summed E-state index contributed by atoms with van der Waals surface area (Å²) in [5, 5.41) is 9.20. The smallest absolute Gasteiger partial charge is 0.287 e. The third-order valence-corrected chi connectivity index (χ3v) is 3.04. The Balaban J connectivity index is 2.24. The van der Waals surface area contributed by atoms with Crippen LogP contribution in [0.4, 0.5) is 0 Å². The van der Waals surface area contributed by atoms with Crippen LogP contribution in [-0.4, -0.2) is 38.0 Å². The predicted octanol–water partition coefficient (Wildman–Crippen LogP) is 1.22. The Hall–Kier alpha value is -1.98. The number of carbonyl (C=O) groups is 1. The van der Waals surface area contributed by atoms with Gasteiger partial charge < -0.3 is 20.4 Å². The quantitative estimate of drug-likeness (QED) is 0.416. The van der Waals surface area contributed by atoms with Crippen molar-refractivity contribution in [1.29, 1.82) is 0 Å². The molecule has 1 rings (SSSR count). The second-order valence-electron chi connectivity index (χ2n) is 4.91. The molecule has 3 N–H and O–H groups in total. The molecule has 0 saturated heterocycles. The van der Waals surface area contributed by atoms with Crippen molar-refractivity contribution >= 4 is 11.9 Å². The van der Waals surface area contributed by atoms with Crippen LogP contribution < -0.4 is 16.0 Å². The number of amides is 1. The summed E-state index contributed by atoms with van der Waals surface area (Å²) in [5.41, 5.74) is 0. The van der Waals surface area contributed by atoms with E-state index in [2.05, 4.69) is 41.7 Å². The van der Waals surface area contributed by atoms with Crippen LogP contribution in [0, 0.1) is 5.92 Å². The van der Waals surface area contributed by atoms with E-state index in [0.717, 1.165) is 5.96 Å². The lowest BCUT2D eigenvalue weighted by molar-refractivity contribution is 0.0926. The number of guanidine groups is 1.